The van der Waals surface area contributed by atoms with Crippen molar-refractivity contribution in [3.05, 3.63) is 29.8 Å². The normalized spacial score (nSPS) is 17.4. The van der Waals surface area contributed by atoms with Gasteiger partial charge >= 0.3 is 6.03 Å². The fourth-order valence-electron chi connectivity index (χ4n) is 2.61. The summed E-state index contributed by atoms with van der Waals surface area (Å²) >= 11 is 0. The first-order valence-electron chi connectivity index (χ1n) is 8.48. The van der Waals surface area contributed by atoms with Crippen LogP contribution in [0.2, 0.25) is 0 Å². The highest BCUT2D eigenvalue weighted by molar-refractivity contribution is 5.96. The van der Waals surface area contributed by atoms with E-state index in [-0.39, 0.29) is 24.1 Å². The van der Waals surface area contributed by atoms with Gasteiger partial charge in [0.25, 0.3) is 0 Å². The van der Waals surface area contributed by atoms with Gasteiger partial charge < -0.3 is 20.3 Å². The molecule has 1 aliphatic rings. The summed E-state index contributed by atoms with van der Waals surface area (Å²) in [6.07, 6.45) is 1.30. The molecule has 0 aliphatic carbocycles. The van der Waals surface area contributed by atoms with Gasteiger partial charge in [0.2, 0.25) is 5.91 Å². The van der Waals surface area contributed by atoms with Gasteiger partial charge in [-0.3, -0.25) is 4.79 Å². The minimum atomic E-state index is -0.233. The smallest absolute Gasteiger partial charge is 0.315 e. The molecule has 24 heavy (non-hydrogen) atoms. The van der Waals surface area contributed by atoms with E-state index in [1.807, 2.05) is 45.0 Å². The number of carbonyl (C=O) groups excluding carboxylic acids is 2. The average Bonchev–Trinajstić information content (AvgIpc) is 2.88. The van der Waals surface area contributed by atoms with Crippen LogP contribution < -0.4 is 15.5 Å². The second-order valence-corrected chi connectivity index (χ2v) is 6.41. The van der Waals surface area contributed by atoms with Crippen LogP contribution in [0.4, 0.5) is 10.5 Å². The molecule has 3 amide bonds. The van der Waals surface area contributed by atoms with E-state index in [9.17, 15) is 9.59 Å². The number of ether oxygens (including phenoxy) is 1. The molecular formula is C18H27N3O3. The highest BCUT2D eigenvalue weighted by Gasteiger charge is 2.31. The molecule has 2 rings (SSSR count). The predicted molar refractivity (Wildman–Crippen MR) is 94.2 cm³/mol. The van der Waals surface area contributed by atoms with Crippen LogP contribution in [-0.2, 0) is 9.53 Å². The summed E-state index contributed by atoms with van der Waals surface area (Å²) in [7, 11) is 0. The maximum Gasteiger partial charge on any atom is 0.315 e. The zero-order valence-corrected chi connectivity index (χ0v) is 14.7. The predicted octanol–water partition coefficient (Wildman–Crippen LogP) is 2.21. The van der Waals surface area contributed by atoms with Gasteiger partial charge in [-0.2, -0.15) is 0 Å². The maximum absolute atomic E-state index is 12.2. The van der Waals surface area contributed by atoms with Gasteiger partial charge in [-0.25, -0.2) is 4.79 Å². The van der Waals surface area contributed by atoms with Gasteiger partial charge in [0.05, 0.1) is 12.1 Å². The quantitative estimate of drug-likeness (QED) is 0.752. The number of rotatable bonds is 7. The zero-order chi connectivity index (χ0) is 17.5. The van der Waals surface area contributed by atoms with Crippen molar-refractivity contribution in [1.82, 2.24) is 10.6 Å². The summed E-state index contributed by atoms with van der Waals surface area (Å²) in [6, 6.07) is 7.44. The molecule has 1 unspecified atom stereocenters. The standard InChI is InChI=1S/C18H27N3O3/c1-13(2)24-10-4-9-19-18(23)20-15-11-17(22)21(12-15)16-7-5-14(3)6-8-16/h5-8,13,15H,4,9-12H2,1-3H3,(H2,19,20,23). The Kier molecular flexibility index (Phi) is 6.61. The molecule has 0 spiro atoms. The summed E-state index contributed by atoms with van der Waals surface area (Å²) in [5, 5.41) is 5.67. The number of hydrogen-bond donors (Lipinski definition) is 2. The lowest BCUT2D eigenvalue weighted by atomic mass is 10.2. The third-order valence-corrected chi connectivity index (χ3v) is 3.86. The van der Waals surface area contributed by atoms with E-state index in [0.717, 1.165) is 17.7 Å². The number of hydrogen-bond acceptors (Lipinski definition) is 3. The molecule has 0 bridgehead atoms. The first-order valence-corrected chi connectivity index (χ1v) is 8.48. The average molecular weight is 333 g/mol. The van der Waals surface area contributed by atoms with Crippen molar-refractivity contribution in [3.63, 3.8) is 0 Å². The highest BCUT2D eigenvalue weighted by atomic mass is 16.5. The monoisotopic (exact) mass is 333 g/mol. The van der Waals surface area contributed by atoms with Crippen molar-refractivity contribution in [3.8, 4) is 0 Å². The molecule has 0 radical (unpaired) electrons. The largest absolute Gasteiger partial charge is 0.379 e. The molecule has 1 atom stereocenters. The van der Waals surface area contributed by atoms with Crippen LogP contribution in [-0.4, -0.2) is 43.8 Å². The molecule has 132 valence electrons. The lowest BCUT2D eigenvalue weighted by Crippen LogP contribution is -2.43. The summed E-state index contributed by atoms with van der Waals surface area (Å²) in [6.45, 7) is 7.66. The van der Waals surface area contributed by atoms with Gasteiger partial charge in [-0.1, -0.05) is 17.7 Å². The van der Waals surface area contributed by atoms with Crippen LogP contribution in [0.25, 0.3) is 0 Å². The molecular weight excluding hydrogens is 306 g/mol. The number of nitrogens with one attached hydrogen (secondary N) is 2. The van der Waals surface area contributed by atoms with Crippen molar-refractivity contribution in [2.45, 2.75) is 45.8 Å². The number of benzene rings is 1. The van der Waals surface area contributed by atoms with Crippen LogP contribution in [0.5, 0.6) is 0 Å². The van der Waals surface area contributed by atoms with Gasteiger partial charge in [-0.15, -0.1) is 0 Å². The molecule has 6 heteroatoms. The molecule has 1 saturated heterocycles. The van der Waals surface area contributed by atoms with Crippen molar-refractivity contribution in [2.24, 2.45) is 0 Å². The number of amides is 3. The van der Waals surface area contributed by atoms with E-state index in [4.69, 9.17) is 4.74 Å². The van der Waals surface area contributed by atoms with Crippen molar-refractivity contribution < 1.29 is 14.3 Å². The van der Waals surface area contributed by atoms with Crippen molar-refractivity contribution >= 4 is 17.6 Å². The first-order chi connectivity index (χ1) is 11.5. The number of nitrogens with zero attached hydrogens (tertiary/aromatic N) is 1. The third kappa shape index (κ3) is 5.53. The lowest BCUT2D eigenvalue weighted by molar-refractivity contribution is -0.117. The molecule has 1 aromatic rings. The minimum absolute atomic E-state index is 0.0366. The van der Waals surface area contributed by atoms with E-state index >= 15 is 0 Å². The summed E-state index contributed by atoms with van der Waals surface area (Å²) < 4.78 is 5.42. The van der Waals surface area contributed by atoms with Gasteiger partial charge in [0.1, 0.15) is 0 Å². The zero-order valence-electron chi connectivity index (χ0n) is 14.7. The Morgan fingerprint density at radius 3 is 2.71 bits per heavy atom. The molecule has 1 heterocycles. The third-order valence-electron chi connectivity index (χ3n) is 3.86. The number of carbonyl (C=O) groups is 2. The Balaban J connectivity index is 1.73. The summed E-state index contributed by atoms with van der Waals surface area (Å²) in [5.41, 5.74) is 2.03. The molecule has 1 aliphatic heterocycles. The molecule has 2 N–H and O–H groups in total. The van der Waals surface area contributed by atoms with Crippen LogP contribution in [0.3, 0.4) is 0 Å². The molecule has 0 aromatic heterocycles. The van der Waals surface area contributed by atoms with E-state index in [2.05, 4.69) is 10.6 Å². The maximum atomic E-state index is 12.2. The van der Waals surface area contributed by atoms with Crippen molar-refractivity contribution in [2.75, 3.05) is 24.6 Å². The minimum Gasteiger partial charge on any atom is -0.379 e. The fraction of sp³-hybridized carbons (Fsp3) is 0.556. The van der Waals surface area contributed by atoms with E-state index < -0.39 is 0 Å². The Hall–Kier alpha value is -2.08. The highest BCUT2D eigenvalue weighted by Crippen LogP contribution is 2.21. The second kappa shape index (κ2) is 8.68. The SMILES string of the molecule is Cc1ccc(N2CC(NC(=O)NCCCOC(C)C)CC2=O)cc1. The van der Waals surface area contributed by atoms with Gasteiger partial charge in [-0.05, 0) is 39.3 Å². The van der Waals surface area contributed by atoms with Crippen LogP contribution >= 0.6 is 0 Å². The molecule has 1 aromatic carbocycles. The Bertz CT molecular complexity index is 557. The number of anilines is 1. The Labute approximate surface area is 143 Å². The van der Waals surface area contributed by atoms with Crippen LogP contribution in [0.1, 0.15) is 32.3 Å². The number of aryl methyl sites for hydroxylation is 1. The first kappa shape index (κ1) is 18.3. The fourth-order valence-corrected chi connectivity index (χ4v) is 2.61. The molecule has 1 fully saturated rings. The summed E-state index contributed by atoms with van der Waals surface area (Å²) in [4.78, 5) is 25.8. The Morgan fingerprint density at radius 2 is 2.04 bits per heavy atom. The van der Waals surface area contributed by atoms with Gasteiger partial charge in [0.15, 0.2) is 0 Å². The van der Waals surface area contributed by atoms with E-state index in [1.165, 1.54) is 0 Å². The van der Waals surface area contributed by atoms with Crippen LogP contribution in [0, 0.1) is 6.92 Å². The van der Waals surface area contributed by atoms with Crippen LogP contribution in [0.15, 0.2) is 24.3 Å². The topological polar surface area (TPSA) is 70.7 Å². The molecule has 6 nitrogen and oxygen atoms in total. The lowest BCUT2D eigenvalue weighted by Gasteiger charge is -2.17. The van der Waals surface area contributed by atoms with E-state index in [0.29, 0.717) is 26.1 Å². The second-order valence-electron chi connectivity index (χ2n) is 6.41. The van der Waals surface area contributed by atoms with Gasteiger partial charge in [0, 0.05) is 31.8 Å². The number of urea groups is 1. The molecule has 0 saturated carbocycles. The summed E-state index contributed by atoms with van der Waals surface area (Å²) in [5.74, 6) is 0.0366. The van der Waals surface area contributed by atoms with Crippen molar-refractivity contribution in [1.29, 1.82) is 0 Å². The Morgan fingerprint density at radius 1 is 1.33 bits per heavy atom. The van der Waals surface area contributed by atoms with E-state index in [1.54, 1.807) is 4.90 Å².